The molecule has 0 fully saturated rings. The Labute approximate surface area is 233 Å². The minimum atomic E-state index is -0.629. The van der Waals surface area contributed by atoms with E-state index in [4.69, 9.17) is 4.74 Å². The van der Waals surface area contributed by atoms with Crippen LogP contribution in [0.4, 0.5) is 0 Å². The Morgan fingerprint density at radius 2 is 1.78 bits per heavy atom. The highest BCUT2D eigenvalue weighted by Crippen LogP contribution is 2.55. The van der Waals surface area contributed by atoms with Gasteiger partial charge in [0.05, 0.1) is 0 Å². The summed E-state index contributed by atoms with van der Waals surface area (Å²) in [5, 5.41) is 0. The Bertz CT molecular complexity index is 1210. The third kappa shape index (κ3) is 5.22. The number of hydrogen-bond donors (Lipinski definition) is 0. The fraction of sp³-hybridized carbons (Fsp3) is 0.406. The Morgan fingerprint density at radius 1 is 1.11 bits per heavy atom. The second-order valence-corrected chi connectivity index (χ2v) is 12.9. The molecule has 0 bridgehead atoms. The smallest absolute Gasteiger partial charge is 0.330 e. The van der Waals surface area contributed by atoms with Crippen LogP contribution in [0.1, 0.15) is 76.0 Å². The molecular weight excluding hydrogens is 576 g/mol. The van der Waals surface area contributed by atoms with Gasteiger partial charge in [0.15, 0.2) is 0 Å². The van der Waals surface area contributed by atoms with E-state index in [0.29, 0.717) is 16.7 Å². The number of hydrogen-bond acceptors (Lipinski definition) is 2. The third-order valence-electron chi connectivity index (χ3n) is 8.33. The van der Waals surface area contributed by atoms with Crippen LogP contribution in [0.25, 0.3) is 16.7 Å². The lowest BCUT2D eigenvalue weighted by atomic mass is 9.61. The molecule has 0 aromatic heterocycles. The number of benzene rings is 2. The summed E-state index contributed by atoms with van der Waals surface area (Å²) in [5.74, 6) is 0.807. The summed E-state index contributed by atoms with van der Waals surface area (Å²) < 4.78 is 7.24. The van der Waals surface area contributed by atoms with Gasteiger partial charge in [-0.15, -0.1) is 0 Å². The molecule has 2 aromatic rings. The number of alkyl halides is 1. The van der Waals surface area contributed by atoms with E-state index >= 15 is 0 Å². The fourth-order valence-corrected chi connectivity index (χ4v) is 6.37. The van der Waals surface area contributed by atoms with Crippen LogP contribution >= 0.6 is 31.9 Å². The number of fused-ring (bicyclic) bond motifs is 1. The predicted molar refractivity (Wildman–Crippen MR) is 158 cm³/mol. The lowest BCUT2D eigenvalue weighted by Crippen LogP contribution is -2.44. The number of rotatable bonds is 6. The van der Waals surface area contributed by atoms with Gasteiger partial charge in [-0.3, -0.25) is 0 Å². The van der Waals surface area contributed by atoms with Gasteiger partial charge in [-0.25, -0.2) is 4.79 Å². The Balaban J connectivity index is 2.02. The van der Waals surface area contributed by atoms with E-state index < -0.39 is 5.60 Å². The van der Waals surface area contributed by atoms with Gasteiger partial charge in [-0.2, -0.15) is 0 Å². The van der Waals surface area contributed by atoms with E-state index in [9.17, 15) is 4.79 Å². The van der Waals surface area contributed by atoms with E-state index in [1.54, 1.807) is 0 Å². The maximum Gasteiger partial charge on any atom is 0.330 e. The Kier molecular flexibility index (Phi) is 8.16. The maximum absolute atomic E-state index is 12.5. The van der Waals surface area contributed by atoms with Crippen LogP contribution in [0.5, 0.6) is 0 Å². The molecule has 36 heavy (non-hydrogen) atoms. The molecule has 0 saturated heterocycles. The molecule has 0 saturated carbocycles. The van der Waals surface area contributed by atoms with E-state index in [0.717, 1.165) is 17.3 Å². The molecule has 190 valence electrons. The van der Waals surface area contributed by atoms with Gasteiger partial charge >= 0.3 is 5.97 Å². The molecular formula is C32H36Br2O2. The standard InChI is InChI=1S/C32H36Br2O2/c1-7-29(35)36-32(6)18-28(20(4)19(2)3)31-27(23-10-14-25(34)15-11-23)17-16-26(30(31)21(32)5)22-8-12-24(33)13-9-22/h7-12,14-17,19-21,24,28H,1,13,18H2,2-6H3. The summed E-state index contributed by atoms with van der Waals surface area (Å²) in [7, 11) is 0. The fourth-order valence-electron chi connectivity index (χ4n) is 5.76. The Morgan fingerprint density at radius 3 is 2.36 bits per heavy atom. The van der Waals surface area contributed by atoms with Crippen molar-refractivity contribution in [2.45, 2.75) is 69.7 Å². The molecule has 2 aliphatic rings. The van der Waals surface area contributed by atoms with Crippen LogP contribution in [0.15, 0.2) is 71.8 Å². The molecule has 0 spiro atoms. The minimum Gasteiger partial charge on any atom is -0.456 e. The van der Waals surface area contributed by atoms with Crippen LogP contribution in [-0.2, 0) is 9.53 Å². The SMILES string of the molecule is C=CC(=O)OC1(C)CC(C(C)C(C)C)c2c(-c3ccc(Br)cc3)ccc(C3=CCC(Br)C=C3)c2C1C. The van der Waals surface area contributed by atoms with E-state index in [-0.39, 0.29) is 17.8 Å². The van der Waals surface area contributed by atoms with Gasteiger partial charge < -0.3 is 4.74 Å². The molecule has 0 amide bonds. The van der Waals surface area contributed by atoms with Crippen molar-refractivity contribution < 1.29 is 9.53 Å². The van der Waals surface area contributed by atoms with Crippen molar-refractivity contribution in [3.8, 4) is 11.1 Å². The number of allylic oxidation sites excluding steroid dienone is 4. The van der Waals surface area contributed by atoms with Crippen LogP contribution in [0.3, 0.4) is 0 Å². The molecule has 5 atom stereocenters. The summed E-state index contributed by atoms with van der Waals surface area (Å²) in [6.45, 7) is 14.9. The average molecular weight is 612 g/mol. The minimum absolute atomic E-state index is 0.0217. The summed E-state index contributed by atoms with van der Waals surface area (Å²) >= 11 is 7.31. The molecule has 4 rings (SSSR count). The van der Waals surface area contributed by atoms with Crippen molar-refractivity contribution in [1.29, 1.82) is 0 Å². The molecule has 0 aliphatic heterocycles. The largest absolute Gasteiger partial charge is 0.456 e. The highest BCUT2D eigenvalue weighted by molar-refractivity contribution is 9.10. The van der Waals surface area contributed by atoms with Gasteiger partial charge in [0.1, 0.15) is 5.60 Å². The number of carbonyl (C=O) groups excluding carboxylic acids is 1. The van der Waals surface area contributed by atoms with Gasteiger partial charge in [-0.05, 0) is 83.0 Å². The molecule has 0 heterocycles. The topological polar surface area (TPSA) is 26.3 Å². The molecule has 4 heteroatoms. The van der Waals surface area contributed by atoms with Gasteiger partial charge in [0.25, 0.3) is 0 Å². The molecule has 2 aliphatic carbocycles. The summed E-state index contributed by atoms with van der Waals surface area (Å²) in [5.41, 5.74) is 7.07. The van der Waals surface area contributed by atoms with E-state index in [2.05, 4.69) is 128 Å². The van der Waals surface area contributed by atoms with Crippen molar-refractivity contribution in [3.05, 3.63) is 88.4 Å². The monoisotopic (exact) mass is 610 g/mol. The zero-order valence-corrected chi connectivity index (χ0v) is 25.0. The first-order valence-electron chi connectivity index (χ1n) is 12.9. The second kappa shape index (κ2) is 10.8. The van der Waals surface area contributed by atoms with Crippen molar-refractivity contribution in [3.63, 3.8) is 0 Å². The van der Waals surface area contributed by atoms with E-state index in [1.807, 2.05) is 0 Å². The number of carbonyl (C=O) groups is 1. The zero-order chi connectivity index (χ0) is 26.2. The number of esters is 1. The normalized spacial score (nSPS) is 26.2. The van der Waals surface area contributed by atoms with Crippen molar-refractivity contribution in [1.82, 2.24) is 0 Å². The van der Waals surface area contributed by atoms with Crippen LogP contribution in [0.2, 0.25) is 0 Å². The molecule has 0 N–H and O–H groups in total. The predicted octanol–water partition coefficient (Wildman–Crippen LogP) is 9.59. The van der Waals surface area contributed by atoms with Crippen LogP contribution in [0, 0.1) is 11.8 Å². The zero-order valence-electron chi connectivity index (χ0n) is 21.9. The molecule has 2 aromatic carbocycles. The number of halogens is 2. The lowest BCUT2D eigenvalue weighted by Gasteiger charge is -2.47. The van der Waals surface area contributed by atoms with Gasteiger partial charge in [0, 0.05) is 21.3 Å². The number of ether oxygens (including phenoxy) is 1. The molecule has 5 unspecified atom stereocenters. The average Bonchev–Trinajstić information content (AvgIpc) is 2.86. The van der Waals surface area contributed by atoms with Crippen LogP contribution < -0.4 is 0 Å². The lowest BCUT2D eigenvalue weighted by molar-refractivity contribution is -0.156. The quantitative estimate of drug-likeness (QED) is 0.185. The Hall–Kier alpha value is -1.91. The summed E-state index contributed by atoms with van der Waals surface area (Å²) in [6.07, 6.45) is 9.80. The van der Waals surface area contributed by atoms with Gasteiger partial charge in [-0.1, -0.05) is 109 Å². The first-order chi connectivity index (χ1) is 17.1. The van der Waals surface area contributed by atoms with Gasteiger partial charge in [0.2, 0.25) is 0 Å². The summed E-state index contributed by atoms with van der Waals surface area (Å²) in [4.78, 5) is 12.9. The third-order valence-corrected chi connectivity index (χ3v) is 9.54. The van der Waals surface area contributed by atoms with E-state index in [1.165, 1.54) is 39.5 Å². The summed E-state index contributed by atoms with van der Waals surface area (Å²) in [6, 6.07) is 13.2. The second-order valence-electron chi connectivity index (χ2n) is 10.8. The van der Waals surface area contributed by atoms with Crippen molar-refractivity contribution in [2.24, 2.45) is 11.8 Å². The highest BCUT2D eigenvalue weighted by Gasteiger charge is 2.47. The molecule has 2 nitrogen and oxygen atoms in total. The van der Waals surface area contributed by atoms with Crippen molar-refractivity contribution in [2.75, 3.05) is 0 Å². The van der Waals surface area contributed by atoms with Crippen LogP contribution in [-0.4, -0.2) is 16.4 Å². The maximum atomic E-state index is 12.5. The molecule has 0 radical (unpaired) electrons. The first-order valence-corrected chi connectivity index (χ1v) is 14.6. The highest BCUT2D eigenvalue weighted by atomic mass is 79.9. The van der Waals surface area contributed by atoms with Crippen molar-refractivity contribution >= 4 is 43.4 Å². The first kappa shape index (κ1) is 27.1.